The van der Waals surface area contributed by atoms with Crippen molar-refractivity contribution < 1.29 is 13.5 Å². The predicted octanol–water partition coefficient (Wildman–Crippen LogP) is 2.53. The standard InChI is InChI=1S/C12H16F2N2O/c1-17-12(3-2-4-12)7-16-10-6-8(13)5-9(14)11(10)15/h5-6,16H,2-4,7,15H2,1H3. The van der Waals surface area contributed by atoms with E-state index in [-0.39, 0.29) is 17.0 Å². The maximum Gasteiger partial charge on any atom is 0.151 e. The van der Waals surface area contributed by atoms with Crippen molar-refractivity contribution in [2.45, 2.75) is 24.9 Å². The normalized spacial score (nSPS) is 17.6. The van der Waals surface area contributed by atoms with Crippen LogP contribution >= 0.6 is 0 Å². The predicted molar refractivity (Wildman–Crippen MR) is 62.9 cm³/mol. The number of benzene rings is 1. The molecule has 0 spiro atoms. The van der Waals surface area contributed by atoms with E-state index in [1.54, 1.807) is 7.11 Å². The average molecular weight is 242 g/mol. The number of rotatable bonds is 4. The molecular weight excluding hydrogens is 226 g/mol. The molecule has 3 nitrogen and oxygen atoms in total. The Bertz CT molecular complexity index is 414. The fourth-order valence-electron chi connectivity index (χ4n) is 2.01. The summed E-state index contributed by atoms with van der Waals surface area (Å²) >= 11 is 0. The van der Waals surface area contributed by atoms with Gasteiger partial charge < -0.3 is 15.8 Å². The maximum atomic E-state index is 13.2. The number of halogens is 2. The first kappa shape index (κ1) is 12.1. The summed E-state index contributed by atoms with van der Waals surface area (Å²) in [7, 11) is 1.65. The lowest BCUT2D eigenvalue weighted by Crippen LogP contribution is -2.45. The highest BCUT2D eigenvalue weighted by atomic mass is 19.1. The van der Waals surface area contributed by atoms with Crippen LogP contribution in [0, 0.1) is 11.6 Å². The highest BCUT2D eigenvalue weighted by Crippen LogP contribution is 2.35. The van der Waals surface area contributed by atoms with Crippen LogP contribution in [0.5, 0.6) is 0 Å². The molecule has 0 radical (unpaired) electrons. The van der Waals surface area contributed by atoms with Crippen molar-refractivity contribution in [3.63, 3.8) is 0 Å². The summed E-state index contributed by atoms with van der Waals surface area (Å²) in [4.78, 5) is 0. The Labute approximate surface area is 98.9 Å². The number of methoxy groups -OCH3 is 1. The molecule has 5 heteroatoms. The SMILES string of the molecule is COC1(CNc2cc(F)cc(F)c2N)CCC1. The minimum atomic E-state index is -0.743. The molecule has 0 heterocycles. The van der Waals surface area contributed by atoms with E-state index in [1.807, 2.05) is 0 Å². The number of hydrogen-bond acceptors (Lipinski definition) is 3. The van der Waals surface area contributed by atoms with E-state index in [1.165, 1.54) is 6.07 Å². The second-order valence-corrected chi connectivity index (χ2v) is 4.44. The number of hydrogen-bond donors (Lipinski definition) is 2. The van der Waals surface area contributed by atoms with Gasteiger partial charge in [0.25, 0.3) is 0 Å². The summed E-state index contributed by atoms with van der Waals surface area (Å²) in [6.07, 6.45) is 3.02. The van der Waals surface area contributed by atoms with Crippen LogP contribution in [0.2, 0.25) is 0 Å². The van der Waals surface area contributed by atoms with Gasteiger partial charge in [-0.1, -0.05) is 0 Å². The fourth-order valence-corrected chi connectivity index (χ4v) is 2.01. The smallest absolute Gasteiger partial charge is 0.151 e. The molecular formula is C12H16F2N2O. The molecule has 1 saturated carbocycles. The van der Waals surface area contributed by atoms with Gasteiger partial charge in [0, 0.05) is 19.7 Å². The Hall–Kier alpha value is -1.36. The first-order valence-electron chi connectivity index (χ1n) is 5.60. The number of anilines is 2. The van der Waals surface area contributed by atoms with Gasteiger partial charge in [0.2, 0.25) is 0 Å². The van der Waals surface area contributed by atoms with Crippen LogP contribution in [0.25, 0.3) is 0 Å². The summed E-state index contributed by atoms with van der Waals surface area (Å²) in [5.41, 5.74) is 5.55. The third-order valence-corrected chi connectivity index (χ3v) is 3.39. The fraction of sp³-hybridized carbons (Fsp3) is 0.500. The lowest BCUT2D eigenvalue weighted by atomic mass is 9.80. The number of nitrogens with two attached hydrogens (primary N) is 1. The Morgan fingerprint density at radius 3 is 2.65 bits per heavy atom. The van der Waals surface area contributed by atoms with Gasteiger partial charge in [-0.25, -0.2) is 8.78 Å². The summed E-state index contributed by atoms with van der Waals surface area (Å²) in [6, 6.07) is 1.97. The third kappa shape index (κ3) is 2.34. The van der Waals surface area contributed by atoms with Crippen LogP contribution in [-0.2, 0) is 4.74 Å². The van der Waals surface area contributed by atoms with Gasteiger partial charge in [0.05, 0.1) is 17.0 Å². The van der Waals surface area contributed by atoms with Gasteiger partial charge in [-0.3, -0.25) is 0 Å². The average Bonchev–Trinajstić information content (AvgIpc) is 2.23. The van der Waals surface area contributed by atoms with Crippen LogP contribution in [0.4, 0.5) is 20.2 Å². The van der Waals surface area contributed by atoms with Crippen molar-refractivity contribution in [1.82, 2.24) is 0 Å². The van der Waals surface area contributed by atoms with E-state index in [0.29, 0.717) is 6.54 Å². The molecule has 0 atom stereocenters. The van der Waals surface area contributed by atoms with Crippen LogP contribution < -0.4 is 11.1 Å². The molecule has 1 aliphatic carbocycles. The Morgan fingerprint density at radius 1 is 1.41 bits per heavy atom. The number of nitrogen functional groups attached to an aromatic ring is 1. The Morgan fingerprint density at radius 2 is 2.12 bits per heavy atom. The molecule has 0 unspecified atom stereocenters. The molecule has 0 saturated heterocycles. The molecule has 94 valence electrons. The number of ether oxygens (including phenoxy) is 1. The molecule has 1 aromatic rings. The van der Waals surface area contributed by atoms with Gasteiger partial charge in [0.1, 0.15) is 5.82 Å². The molecule has 0 aliphatic heterocycles. The van der Waals surface area contributed by atoms with E-state index in [2.05, 4.69) is 5.32 Å². The zero-order chi connectivity index (χ0) is 12.5. The Balaban J connectivity index is 2.08. The Kier molecular flexibility index (Phi) is 3.19. The summed E-state index contributed by atoms with van der Waals surface area (Å²) in [5, 5.41) is 2.96. The van der Waals surface area contributed by atoms with Gasteiger partial charge in [-0.05, 0) is 25.3 Å². The molecule has 1 aromatic carbocycles. The highest BCUT2D eigenvalue weighted by molar-refractivity contribution is 5.66. The first-order chi connectivity index (χ1) is 8.06. The monoisotopic (exact) mass is 242 g/mol. The van der Waals surface area contributed by atoms with Crippen molar-refractivity contribution in [3.05, 3.63) is 23.8 Å². The quantitative estimate of drug-likeness (QED) is 0.797. The zero-order valence-corrected chi connectivity index (χ0v) is 9.72. The molecule has 3 N–H and O–H groups in total. The van der Waals surface area contributed by atoms with Gasteiger partial charge in [-0.15, -0.1) is 0 Å². The minimum Gasteiger partial charge on any atom is -0.395 e. The van der Waals surface area contributed by atoms with E-state index in [9.17, 15) is 8.78 Å². The van der Waals surface area contributed by atoms with Crippen LogP contribution in [0.15, 0.2) is 12.1 Å². The summed E-state index contributed by atoms with van der Waals surface area (Å²) in [6.45, 7) is 0.511. The van der Waals surface area contributed by atoms with E-state index >= 15 is 0 Å². The molecule has 0 amide bonds. The second kappa shape index (κ2) is 4.49. The van der Waals surface area contributed by atoms with Crippen molar-refractivity contribution in [2.75, 3.05) is 24.7 Å². The van der Waals surface area contributed by atoms with E-state index in [4.69, 9.17) is 10.5 Å². The van der Waals surface area contributed by atoms with Crippen molar-refractivity contribution in [3.8, 4) is 0 Å². The molecule has 1 fully saturated rings. The van der Waals surface area contributed by atoms with Gasteiger partial charge in [-0.2, -0.15) is 0 Å². The lowest BCUT2D eigenvalue weighted by molar-refractivity contribution is -0.0601. The molecule has 0 bridgehead atoms. The van der Waals surface area contributed by atoms with Gasteiger partial charge in [0.15, 0.2) is 5.82 Å². The van der Waals surface area contributed by atoms with Crippen molar-refractivity contribution in [1.29, 1.82) is 0 Å². The molecule has 17 heavy (non-hydrogen) atoms. The zero-order valence-electron chi connectivity index (χ0n) is 9.72. The van der Waals surface area contributed by atoms with E-state index < -0.39 is 11.6 Å². The van der Waals surface area contributed by atoms with Crippen LogP contribution in [-0.4, -0.2) is 19.3 Å². The third-order valence-electron chi connectivity index (χ3n) is 3.39. The van der Waals surface area contributed by atoms with E-state index in [0.717, 1.165) is 25.3 Å². The first-order valence-corrected chi connectivity index (χ1v) is 5.60. The largest absolute Gasteiger partial charge is 0.395 e. The number of nitrogens with one attached hydrogen (secondary N) is 1. The molecule has 1 aliphatic rings. The second-order valence-electron chi connectivity index (χ2n) is 4.44. The van der Waals surface area contributed by atoms with Crippen LogP contribution in [0.1, 0.15) is 19.3 Å². The summed E-state index contributed by atoms with van der Waals surface area (Å²) in [5.74, 6) is -1.38. The topological polar surface area (TPSA) is 47.3 Å². The highest BCUT2D eigenvalue weighted by Gasteiger charge is 2.36. The molecule has 0 aromatic heterocycles. The van der Waals surface area contributed by atoms with Crippen molar-refractivity contribution in [2.24, 2.45) is 0 Å². The van der Waals surface area contributed by atoms with Crippen molar-refractivity contribution >= 4 is 11.4 Å². The molecule has 2 rings (SSSR count). The van der Waals surface area contributed by atoms with Gasteiger partial charge >= 0.3 is 0 Å². The minimum absolute atomic E-state index is 0.0584. The summed E-state index contributed by atoms with van der Waals surface area (Å²) < 4.78 is 31.6. The van der Waals surface area contributed by atoms with Crippen LogP contribution in [0.3, 0.4) is 0 Å². The lowest BCUT2D eigenvalue weighted by Gasteiger charge is -2.40. The maximum absolute atomic E-state index is 13.2.